The molecule has 28 heavy (non-hydrogen) atoms. The highest BCUT2D eigenvalue weighted by atomic mass is 16.6. The smallest absolute Gasteiger partial charge is 0.407 e. The highest BCUT2D eigenvalue weighted by molar-refractivity contribution is 5.90. The van der Waals surface area contributed by atoms with Crippen molar-refractivity contribution in [1.29, 1.82) is 5.26 Å². The molecule has 0 spiro atoms. The van der Waals surface area contributed by atoms with Gasteiger partial charge in [-0.2, -0.15) is 5.26 Å². The molecule has 3 aromatic heterocycles. The fraction of sp³-hybridized carbons (Fsp3) is 0.368. The summed E-state index contributed by atoms with van der Waals surface area (Å²) in [4.78, 5) is 31.2. The molecule has 2 N–H and O–H groups in total. The Morgan fingerprint density at radius 1 is 1.43 bits per heavy atom. The molecule has 3 aromatic rings. The number of aromatic amines is 1. The van der Waals surface area contributed by atoms with E-state index >= 15 is 0 Å². The number of nitriles is 1. The van der Waals surface area contributed by atoms with Crippen molar-refractivity contribution < 1.29 is 9.53 Å². The second-order valence-corrected chi connectivity index (χ2v) is 7.35. The molecule has 0 radical (unpaired) electrons. The summed E-state index contributed by atoms with van der Waals surface area (Å²) in [5.41, 5.74) is 1.35. The van der Waals surface area contributed by atoms with E-state index in [0.29, 0.717) is 22.3 Å². The van der Waals surface area contributed by atoms with E-state index in [4.69, 9.17) is 4.74 Å². The van der Waals surface area contributed by atoms with Crippen LogP contribution in [0.3, 0.4) is 0 Å². The van der Waals surface area contributed by atoms with Gasteiger partial charge in [0.15, 0.2) is 0 Å². The quantitative estimate of drug-likeness (QED) is 0.717. The molecule has 0 fully saturated rings. The number of alkyl carbamates (subject to hydrolysis) is 1. The molecule has 1 amide bonds. The summed E-state index contributed by atoms with van der Waals surface area (Å²) >= 11 is 0. The van der Waals surface area contributed by atoms with E-state index < -0.39 is 11.7 Å². The molecule has 0 saturated carbocycles. The largest absolute Gasteiger partial charge is 0.444 e. The summed E-state index contributed by atoms with van der Waals surface area (Å²) in [5.74, 6) is 0. The van der Waals surface area contributed by atoms with Crippen LogP contribution < -0.4 is 10.9 Å². The topological polar surface area (TPSA) is 118 Å². The molecule has 9 nitrogen and oxygen atoms in total. The number of fused-ring (bicyclic) bond motifs is 1. The molecule has 0 aliphatic rings. The lowest BCUT2D eigenvalue weighted by Gasteiger charge is -2.20. The van der Waals surface area contributed by atoms with Crippen molar-refractivity contribution in [2.45, 2.75) is 32.9 Å². The molecule has 3 heterocycles. The molecular formula is C19H22N6O3. The molecular weight excluding hydrogens is 360 g/mol. The zero-order valence-corrected chi connectivity index (χ0v) is 16.2. The van der Waals surface area contributed by atoms with Gasteiger partial charge in [-0.05, 0) is 32.9 Å². The predicted octanol–water partition coefficient (Wildman–Crippen LogP) is 2.13. The van der Waals surface area contributed by atoms with Gasteiger partial charge >= 0.3 is 6.09 Å². The summed E-state index contributed by atoms with van der Waals surface area (Å²) in [5, 5.41) is 12.4. The third kappa shape index (κ3) is 3.62. The van der Waals surface area contributed by atoms with Crippen LogP contribution in [0.5, 0.6) is 0 Å². The third-order valence-electron chi connectivity index (χ3n) is 4.14. The van der Waals surface area contributed by atoms with Gasteiger partial charge in [0.2, 0.25) is 0 Å². The lowest BCUT2D eigenvalue weighted by Crippen LogP contribution is -2.34. The SMILES string of the molecule is Cn1cccc1-c1c(C#N)c2nc[nH]c(=O)c2n1CCNC(=O)OC(C)(C)C. The van der Waals surface area contributed by atoms with Crippen LogP contribution in [0.4, 0.5) is 4.79 Å². The molecule has 0 bridgehead atoms. The van der Waals surface area contributed by atoms with Crippen LogP contribution in [0, 0.1) is 11.3 Å². The standard InChI is InChI=1S/C19H22N6O3/c1-19(2,3)28-18(27)21-7-9-25-15(13-6-5-8-24(13)4)12(10-20)14-16(25)17(26)23-11-22-14/h5-6,8,11H,7,9H2,1-4H3,(H,21,27)(H,22,23,26). The van der Waals surface area contributed by atoms with Crippen molar-refractivity contribution in [3.05, 3.63) is 40.6 Å². The Balaban J connectivity index is 2.04. The highest BCUT2D eigenvalue weighted by Gasteiger charge is 2.23. The van der Waals surface area contributed by atoms with Crippen molar-refractivity contribution in [2.24, 2.45) is 7.05 Å². The summed E-state index contributed by atoms with van der Waals surface area (Å²) in [7, 11) is 1.86. The normalized spacial score (nSPS) is 11.4. The van der Waals surface area contributed by atoms with E-state index in [0.717, 1.165) is 5.69 Å². The van der Waals surface area contributed by atoms with Gasteiger partial charge in [0.25, 0.3) is 5.56 Å². The van der Waals surface area contributed by atoms with Gasteiger partial charge < -0.3 is 24.2 Å². The second kappa shape index (κ2) is 7.23. The van der Waals surface area contributed by atoms with Gasteiger partial charge in [-0.3, -0.25) is 4.79 Å². The first-order valence-electron chi connectivity index (χ1n) is 8.81. The number of aryl methyl sites for hydroxylation is 1. The molecule has 0 saturated heterocycles. The van der Waals surface area contributed by atoms with Crippen LogP contribution in [0.1, 0.15) is 26.3 Å². The number of rotatable bonds is 4. The lowest BCUT2D eigenvalue weighted by atomic mass is 10.2. The predicted molar refractivity (Wildman–Crippen MR) is 104 cm³/mol. The number of aromatic nitrogens is 4. The van der Waals surface area contributed by atoms with Crippen molar-refractivity contribution in [3.63, 3.8) is 0 Å². The summed E-state index contributed by atoms with van der Waals surface area (Å²) < 4.78 is 8.82. The molecule has 3 rings (SSSR count). The van der Waals surface area contributed by atoms with Gasteiger partial charge in [-0.15, -0.1) is 0 Å². The Kier molecular flexibility index (Phi) is 4.96. The minimum absolute atomic E-state index is 0.218. The van der Waals surface area contributed by atoms with E-state index in [1.54, 1.807) is 25.3 Å². The minimum Gasteiger partial charge on any atom is -0.444 e. The second-order valence-electron chi connectivity index (χ2n) is 7.35. The molecule has 0 atom stereocenters. The fourth-order valence-corrected chi connectivity index (χ4v) is 3.07. The molecule has 9 heteroatoms. The van der Waals surface area contributed by atoms with Crippen LogP contribution in [0.15, 0.2) is 29.5 Å². The van der Waals surface area contributed by atoms with E-state index in [1.165, 1.54) is 6.33 Å². The minimum atomic E-state index is -0.604. The number of hydrogen-bond acceptors (Lipinski definition) is 5. The number of nitrogens with zero attached hydrogens (tertiary/aromatic N) is 4. The number of carbonyl (C=O) groups is 1. The van der Waals surface area contributed by atoms with E-state index in [2.05, 4.69) is 21.4 Å². The van der Waals surface area contributed by atoms with Crippen LogP contribution in [0.2, 0.25) is 0 Å². The van der Waals surface area contributed by atoms with Crippen molar-refractivity contribution in [3.8, 4) is 17.5 Å². The average Bonchev–Trinajstić information content (AvgIpc) is 3.14. The Labute approximate surface area is 161 Å². The summed E-state index contributed by atoms with van der Waals surface area (Å²) in [6.07, 6.45) is 2.59. The maximum atomic E-state index is 12.5. The highest BCUT2D eigenvalue weighted by Crippen LogP contribution is 2.30. The molecule has 0 unspecified atom stereocenters. The van der Waals surface area contributed by atoms with Crippen molar-refractivity contribution in [2.75, 3.05) is 6.54 Å². The zero-order valence-electron chi connectivity index (χ0n) is 16.2. The first-order valence-corrected chi connectivity index (χ1v) is 8.81. The first kappa shape index (κ1) is 19.2. The Morgan fingerprint density at radius 3 is 2.79 bits per heavy atom. The Bertz CT molecular complexity index is 1120. The number of ether oxygens (including phenoxy) is 1. The van der Waals surface area contributed by atoms with Crippen LogP contribution >= 0.6 is 0 Å². The van der Waals surface area contributed by atoms with E-state index in [-0.39, 0.29) is 18.6 Å². The number of H-pyrrole nitrogens is 1. The number of hydrogen-bond donors (Lipinski definition) is 2. The van der Waals surface area contributed by atoms with Crippen LogP contribution in [0.25, 0.3) is 22.4 Å². The fourth-order valence-electron chi connectivity index (χ4n) is 3.07. The Hall–Kier alpha value is -3.54. The van der Waals surface area contributed by atoms with Gasteiger partial charge in [0.05, 0.1) is 17.7 Å². The molecule has 0 aliphatic carbocycles. The lowest BCUT2D eigenvalue weighted by molar-refractivity contribution is 0.0526. The average molecular weight is 382 g/mol. The molecule has 0 aromatic carbocycles. The first-order chi connectivity index (χ1) is 13.2. The van der Waals surface area contributed by atoms with Gasteiger partial charge in [0, 0.05) is 26.3 Å². The van der Waals surface area contributed by atoms with E-state index in [9.17, 15) is 14.9 Å². The maximum absolute atomic E-state index is 12.5. The zero-order chi connectivity index (χ0) is 20.5. The van der Waals surface area contributed by atoms with Crippen LogP contribution in [-0.4, -0.2) is 37.3 Å². The van der Waals surface area contributed by atoms with E-state index in [1.807, 2.05) is 29.9 Å². The maximum Gasteiger partial charge on any atom is 0.407 e. The summed E-state index contributed by atoms with van der Waals surface area (Å²) in [6.45, 7) is 5.83. The number of carbonyl (C=O) groups excluding carboxylic acids is 1. The van der Waals surface area contributed by atoms with Gasteiger partial charge in [0.1, 0.15) is 28.3 Å². The number of nitrogens with one attached hydrogen (secondary N) is 2. The monoisotopic (exact) mass is 382 g/mol. The van der Waals surface area contributed by atoms with Crippen molar-refractivity contribution >= 4 is 17.1 Å². The Morgan fingerprint density at radius 2 is 2.18 bits per heavy atom. The van der Waals surface area contributed by atoms with Gasteiger partial charge in [-0.1, -0.05) is 0 Å². The van der Waals surface area contributed by atoms with Crippen LogP contribution in [-0.2, 0) is 18.3 Å². The number of amides is 1. The van der Waals surface area contributed by atoms with Crippen molar-refractivity contribution in [1.82, 2.24) is 24.4 Å². The molecule has 146 valence electrons. The van der Waals surface area contributed by atoms with Gasteiger partial charge in [-0.25, -0.2) is 9.78 Å². The summed E-state index contributed by atoms with van der Waals surface area (Å²) in [6, 6.07) is 5.89. The molecule has 0 aliphatic heterocycles. The third-order valence-corrected chi connectivity index (χ3v) is 4.14.